The maximum Gasteiger partial charge on any atom is 0.243 e. The Morgan fingerprint density at radius 1 is 1.45 bits per heavy atom. The van der Waals surface area contributed by atoms with Gasteiger partial charge in [-0.1, -0.05) is 17.7 Å². The van der Waals surface area contributed by atoms with Crippen LogP contribution in [0.25, 0.3) is 0 Å². The smallest absolute Gasteiger partial charge is 0.243 e. The first kappa shape index (κ1) is 16.0. The summed E-state index contributed by atoms with van der Waals surface area (Å²) in [4.78, 5) is 0.202. The molecular weight excluding hydrogens is 321 g/mol. The van der Waals surface area contributed by atoms with Crippen LogP contribution in [0.15, 0.2) is 23.1 Å². The zero-order chi connectivity index (χ0) is 14.8. The van der Waals surface area contributed by atoms with Crippen LogP contribution in [0.5, 0.6) is 0 Å². The number of alkyl halides is 1. The van der Waals surface area contributed by atoms with Crippen molar-refractivity contribution in [3.63, 3.8) is 0 Å². The van der Waals surface area contributed by atoms with Gasteiger partial charge in [-0.3, -0.25) is 0 Å². The van der Waals surface area contributed by atoms with Gasteiger partial charge in [-0.2, -0.15) is 4.31 Å². The van der Waals surface area contributed by atoms with E-state index in [2.05, 4.69) is 0 Å². The zero-order valence-corrected chi connectivity index (χ0v) is 13.5. The second-order valence-electron chi connectivity index (χ2n) is 4.75. The molecule has 0 amide bonds. The Kier molecular flexibility index (Phi) is 5.31. The summed E-state index contributed by atoms with van der Waals surface area (Å²) < 4.78 is 31.9. The summed E-state index contributed by atoms with van der Waals surface area (Å²) in [6.45, 7) is 0.894. The monoisotopic (exact) mass is 337 g/mol. The molecule has 4 nitrogen and oxygen atoms in total. The lowest BCUT2D eigenvalue weighted by atomic mass is 10.1. The van der Waals surface area contributed by atoms with E-state index in [0.717, 1.165) is 18.4 Å². The SMILES string of the molecule is COC1CCCN(S(=O)(=O)c2ccc(CCl)c(Cl)c2)C1. The van der Waals surface area contributed by atoms with Gasteiger partial charge in [0.15, 0.2) is 0 Å². The summed E-state index contributed by atoms with van der Waals surface area (Å²) in [5.41, 5.74) is 0.723. The van der Waals surface area contributed by atoms with Gasteiger partial charge in [0.1, 0.15) is 0 Å². The van der Waals surface area contributed by atoms with E-state index in [1.165, 1.54) is 10.4 Å². The van der Waals surface area contributed by atoms with Crippen LogP contribution >= 0.6 is 23.2 Å². The van der Waals surface area contributed by atoms with Crippen LogP contribution in [-0.4, -0.2) is 39.0 Å². The van der Waals surface area contributed by atoms with Crippen LogP contribution in [0.1, 0.15) is 18.4 Å². The molecule has 0 spiro atoms. The molecule has 0 radical (unpaired) electrons. The first-order chi connectivity index (χ1) is 9.48. The van der Waals surface area contributed by atoms with Crippen molar-refractivity contribution in [1.82, 2.24) is 4.31 Å². The van der Waals surface area contributed by atoms with Crippen LogP contribution in [0, 0.1) is 0 Å². The summed E-state index contributed by atoms with van der Waals surface area (Å²) in [5.74, 6) is 0.259. The normalized spacial score (nSPS) is 21.1. The molecule has 1 fully saturated rings. The highest BCUT2D eigenvalue weighted by Gasteiger charge is 2.30. The standard InChI is InChI=1S/C13H17Cl2NO3S/c1-19-11-3-2-6-16(9-11)20(17,18)12-5-4-10(8-14)13(15)7-12/h4-5,7,11H,2-3,6,8-9H2,1H3. The summed E-state index contributed by atoms with van der Waals surface area (Å²) in [6.07, 6.45) is 1.63. The van der Waals surface area contributed by atoms with Crippen molar-refractivity contribution >= 4 is 33.2 Å². The van der Waals surface area contributed by atoms with Gasteiger partial charge in [-0.25, -0.2) is 8.42 Å². The summed E-state index contributed by atoms with van der Waals surface area (Å²) in [5, 5.41) is 0.376. The lowest BCUT2D eigenvalue weighted by Gasteiger charge is -2.31. The van der Waals surface area contributed by atoms with Crippen LogP contribution in [0.3, 0.4) is 0 Å². The van der Waals surface area contributed by atoms with Crippen molar-refractivity contribution in [2.45, 2.75) is 29.7 Å². The van der Waals surface area contributed by atoms with Gasteiger partial charge in [0, 0.05) is 31.1 Å². The number of hydrogen-bond donors (Lipinski definition) is 0. The zero-order valence-electron chi connectivity index (χ0n) is 11.2. The maximum atomic E-state index is 12.6. The third-order valence-electron chi connectivity index (χ3n) is 3.48. The Morgan fingerprint density at radius 2 is 2.20 bits per heavy atom. The van der Waals surface area contributed by atoms with E-state index in [1.807, 2.05) is 0 Å². The molecule has 1 aliphatic rings. The molecule has 112 valence electrons. The van der Waals surface area contributed by atoms with Crippen molar-refractivity contribution in [2.75, 3.05) is 20.2 Å². The fourth-order valence-corrected chi connectivity index (χ4v) is 4.41. The van der Waals surface area contributed by atoms with Crippen molar-refractivity contribution in [2.24, 2.45) is 0 Å². The second kappa shape index (κ2) is 6.62. The molecule has 1 heterocycles. The first-order valence-corrected chi connectivity index (χ1v) is 8.71. The molecule has 1 unspecified atom stereocenters. The third kappa shape index (κ3) is 3.28. The Labute approximate surface area is 129 Å². The van der Waals surface area contributed by atoms with Crippen LogP contribution < -0.4 is 0 Å². The minimum Gasteiger partial charge on any atom is -0.380 e. The van der Waals surface area contributed by atoms with Crippen molar-refractivity contribution in [3.8, 4) is 0 Å². The molecule has 1 aromatic carbocycles. The maximum absolute atomic E-state index is 12.6. The molecule has 20 heavy (non-hydrogen) atoms. The minimum absolute atomic E-state index is 0.0453. The predicted molar refractivity (Wildman–Crippen MR) is 79.8 cm³/mol. The molecule has 0 bridgehead atoms. The van der Waals surface area contributed by atoms with E-state index in [9.17, 15) is 8.42 Å². The van der Waals surface area contributed by atoms with Crippen molar-refractivity contribution in [3.05, 3.63) is 28.8 Å². The molecule has 1 saturated heterocycles. The molecule has 1 atom stereocenters. The number of nitrogens with zero attached hydrogens (tertiary/aromatic N) is 1. The molecular formula is C13H17Cl2NO3S. The Balaban J connectivity index is 2.28. The van der Waals surface area contributed by atoms with E-state index < -0.39 is 10.0 Å². The van der Waals surface area contributed by atoms with Crippen molar-refractivity contribution in [1.29, 1.82) is 0 Å². The molecule has 0 saturated carbocycles. The number of piperidine rings is 1. The molecule has 1 aromatic rings. The molecule has 0 N–H and O–H groups in total. The number of hydrogen-bond acceptors (Lipinski definition) is 3. The van der Waals surface area contributed by atoms with Gasteiger partial charge in [0.05, 0.1) is 11.0 Å². The molecule has 1 aliphatic heterocycles. The largest absolute Gasteiger partial charge is 0.380 e. The molecule has 7 heteroatoms. The highest BCUT2D eigenvalue weighted by Crippen LogP contribution is 2.26. The van der Waals surface area contributed by atoms with Gasteiger partial charge >= 0.3 is 0 Å². The minimum atomic E-state index is -3.53. The average Bonchev–Trinajstić information content (AvgIpc) is 2.47. The van der Waals surface area contributed by atoms with E-state index >= 15 is 0 Å². The molecule has 0 aliphatic carbocycles. The Hall–Kier alpha value is -0.330. The Bertz CT molecular complexity index is 577. The van der Waals surface area contributed by atoms with E-state index in [0.29, 0.717) is 18.1 Å². The third-order valence-corrected chi connectivity index (χ3v) is 5.98. The molecule has 0 aromatic heterocycles. The number of halogens is 2. The van der Waals surface area contributed by atoms with Crippen LogP contribution in [-0.2, 0) is 20.6 Å². The average molecular weight is 338 g/mol. The van der Waals surface area contributed by atoms with Gasteiger partial charge < -0.3 is 4.74 Å². The summed E-state index contributed by atoms with van der Waals surface area (Å²) in [6, 6.07) is 4.67. The quantitative estimate of drug-likeness (QED) is 0.793. The van der Waals surface area contributed by atoms with Gasteiger partial charge in [-0.15, -0.1) is 11.6 Å². The number of sulfonamides is 1. The second-order valence-corrected chi connectivity index (χ2v) is 7.36. The van der Waals surface area contributed by atoms with Gasteiger partial charge in [0.25, 0.3) is 0 Å². The van der Waals surface area contributed by atoms with Crippen LogP contribution in [0.4, 0.5) is 0 Å². The lowest BCUT2D eigenvalue weighted by Crippen LogP contribution is -2.42. The predicted octanol–water partition coefficient (Wildman–Crippen LogP) is 2.88. The van der Waals surface area contributed by atoms with Gasteiger partial charge in [-0.05, 0) is 30.5 Å². The fraction of sp³-hybridized carbons (Fsp3) is 0.538. The highest BCUT2D eigenvalue weighted by atomic mass is 35.5. The van der Waals surface area contributed by atoms with Crippen LogP contribution in [0.2, 0.25) is 5.02 Å². The Morgan fingerprint density at radius 3 is 2.80 bits per heavy atom. The topological polar surface area (TPSA) is 46.6 Å². The van der Waals surface area contributed by atoms with E-state index in [4.69, 9.17) is 27.9 Å². The van der Waals surface area contributed by atoms with Crippen molar-refractivity contribution < 1.29 is 13.2 Å². The number of ether oxygens (including phenoxy) is 1. The molecule has 2 rings (SSSR count). The number of rotatable bonds is 4. The van der Waals surface area contributed by atoms with E-state index in [-0.39, 0.29) is 16.9 Å². The van der Waals surface area contributed by atoms with E-state index in [1.54, 1.807) is 19.2 Å². The van der Waals surface area contributed by atoms with Gasteiger partial charge in [0.2, 0.25) is 10.0 Å². The lowest BCUT2D eigenvalue weighted by molar-refractivity contribution is 0.0572. The fourth-order valence-electron chi connectivity index (χ4n) is 2.26. The summed E-state index contributed by atoms with van der Waals surface area (Å²) >= 11 is 11.8. The summed E-state index contributed by atoms with van der Waals surface area (Å²) in [7, 11) is -1.92. The number of benzene rings is 1. The number of methoxy groups -OCH3 is 1. The first-order valence-electron chi connectivity index (χ1n) is 6.36. The highest BCUT2D eigenvalue weighted by molar-refractivity contribution is 7.89.